The minimum atomic E-state index is -4.25. The van der Waals surface area contributed by atoms with Gasteiger partial charge in [0.1, 0.15) is 42.4 Å². The number of nitrogens with one attached hydrogen (secondary N) is 2. The fourth-order valence-electron chi connectivity index (χ4n) is 9.26. The Morgan fingerprint density at radius 2 is 1.66 bits per heavy atom. The summed E-state index contributed by atoms with van der Waals surface area (Å²) in [6.45, 7) is 11.2. The minimum absolute atomic E-state index is 0.116. The number of aliphatic hydroxyl groups excluding tert-OH is 1. The van der Waals surface area contributed by atoms with Gasteiger partial charge in [-0.2, -0.15) is 5.26 Å². The van der Waals surface area contributed by atoms with Crippen LogP contribution in [-0.2, 0) is 52.5 Å². The van der Waals surface area contributed by atoms with Crippen molar-refractivity contribution in [2.75, 3.05) is 25.1 Å². The average Bonchev–Trinajstić information content (AvgIpc) is 4.10. The Labute approximate surface area is 428 Å². The molecule has 396 valence electrons. The zero-order valence-corrected chi connectivity index (χ0v) is 46.2. The van der Waals surface area contributed by atoms with E-state index in [9.17, 15) is 34.2 Å². The highest BCUT2D eigenvalue weighted by Gasteiger charge is 2.60. The van der Waals surface area contributed by atoms with Crippen molar-refractivity contribution in [2.45, 2.75) is 134 Å². The Hall–Kier alpha value is -4.18. The molecule has 2 aliphatic heterocycles. The molecule has 2 aliphatic rings. The summed E-state index contributed by atoms with van der Waals surface area (Å²) >= 11 is 6.14. The number of hydrogen-bond acceptors (Lipinski definition) is 19. The fraction of sp³-hybridized carbons (Fsp3) is 0.568. The van der Waals surface area contributed by atoms with Crippen LogP contribution in [0, 0.1) is 23.1 Å². The number of fused-ring (bicyclic) bond motifs is 2. The van der Waals surface area contributed by atoms with Crippen LogP contribution in [0.2, 0.25) is 22.2 Å². The van der Waals surface area contributed by atoms with Gasteiger partial charge < -0.3 is 51.8 Å². The molecule has 0 aliphatic carbocycles. The maximum atomic E-state index is 15.8. The van der Waals surface area contributed by atoms with Gasteiger partial charge >= 0.3 is 32.1 Å². The van der Waals surface area contributed by atoms with Crippen LogP contribution in [0.15, 0.2) is 60.3 Å². The molecule has 23 nitrogen and oxygen atoms in total. The van der Waals surface area contributed by atoms with Gasteiger partial charge in [0.05, 0.1) is 45.0 Å². The number of aromatic amines is 1. The normalized spacial score (nSPS) is 23.8. The van der Waals surface area contributed by atoms with E-state index < -0.39 is 117 Å². The van der Waals surface area contributed by atoms with Crippen molar-refractivity contribution in [3.8, 4) is 6.07 Å². The van der Waals surface area contributed by atoms with Crippen LogP contribution in [-0.4, -0.2) is 122 Å². The third-order valence-electron chi connectivity index (χ3n) is 13.1. The molecule has 4 aromatic heterocycles. The fourth-order valence-corrected chi connectivity index (χ4v) is 21.8. The van der Waals surface area contributed by atoms with Crippen molar-refractivity contribution in [2.24, 2.45) is 5.92 Å². The average molecular weight is 1110 g/mol. The van der Waals surface area contributed by atoms with E-state index >= 15 is 4.39 Å². The number of nitriles is 1. The molecule has 29 heteroatoms. The van der Waals surface area contributed by atoms with Crippen LogP contribution in [0.25, 0.3) is 22.2 Å². The zero-order chi connectivity index (χ0) is 53.2. The molecule has 5 N–H and O–H groups in total. The van der Waals surface area contributed by atoms with Crippen LogP contribution in [0.5, 0.6) is 0 Å². The number of carbonyl (C=O) groups is 1. The second-order valence-electron chi connectivity index (χ2n) is 19.0. The monoisotopic (exact) mass is 1110 g/mol. The lowest BCUT2D eigenvalue weighted by molar-refractivity contribution is -0.0556. The number of nitrogens with zero attached hydrogens (tertiary/aromatic N) is 7. The Kier molecular flexibility index (Phi) is 18.1. The molecule has 5 aromatic rings. The summed E-state index contributed by atoms with van der Waals surface area (Å²) < 4.78 is 83.3. The summed E-state index contributed by atoms with van der Waals surface area (Å²) in [5.74, 6) is -1.97. The van der Waals surface area contributed by atoms with Crippen molar-refractivity contribution in [1.29, 1.82) is 5.26 Å². The number of anilines is 1. The van der Waals surface area contributed by atoms with Crippen LogP contribution >= 0.6 is 15.0 Å². The molecule has 6 heterocycles. The van der Waals surface area contributed by atoms with Gasteiger partial charge in [-0.3, -0.25) is 18.7 Å². The zero-order valence-electron chi connectivity index (χ0n) is 41.6. The number of carbonyl (C=O) groups excluding carboxylic acids is 1. The predicted molar refractivity (Wildman–Crippen MR) is 270 cm³/mol. The highest BCUT2D eigenvalue weighted by Crippen LogP contribution is 2.57. The number of benzene rings is 1. The maximum absolute atomic E-state index is 15.8. The standard InChI is InChI=1S/C44H60FN9O14P2SSi2/c1-24(2)72(60,25(3)4)68-73(26(5)6,27(7)8)67-36-31(19-55)63-44(53-18-30(45)33-39(53)48-22-50-42(33)57)37(36)66-70(71,61-17-13-16-46)62-20-32-35(65-69(58)59)28(9)43(64-32)54-23-51-34-38(47-21-49-40(34)54)52-41(56)29-14-11-10-12-15-29/h10-12,14-15,18,21-28,31-32,35-37,43-44,55,60H,13,17,19-20H2,1-9H3,(H2-,47,48,49,50,52,56,57,58,59)/p+1/t28-,31-,32-,35+,36-,37-,43?,44-,70?/m1/s1. The van der Waals surface area contributed by atoms with Gasteiger partial charge in [-0.25, -0.2) is 24.3 Å². The summed E-state index contributed by atoms with van der Waals surface area (Å²) in [7, 11) is -10.5. The smallest absolute Gasteiger partial charge is 0.414 e. The van der Waals surface area contributed by atoms with E-state index in [2.05, 4.69) is 30.2 Å². The second kappa shape index (κ2) is 23.4. The highest BCUT2D eigenvalue weighted by atomic mass is 32.5. The third kappa shape index (κ3) is 11.6. The van der Waals surface area contributed by atoms with Crippen molar-refractivity contribution in [1.82, 2.24) is 34.1 Å². The summed E-state index contributed by atoms with van der Waals surface area (Å²) in [5, 5.41) is 23.1. The Morgan fingerprint density at radius 3 is 2.29 bits per heavy atom. The molecule has 7 rings (SSSR count). The van der Waals surface area contributed by atoms with E-state index in [1.54, 1.807) is 41.8 Å². The molecule has 0 spiro atoms. The highest BCUT2D eigenvalue weighted by molar-refractivity contribution is 8.07. The molecule has 0 radical (unpaired) electrons. The first-order valence-electron chi connectivity index (χ1n) is 23.7. The van der Waals surface area contributed by atoms with Crippen LogP contribution in [0.1, 0.15) is 91.5 Å². The summed E-state index contributed by atoms with van der Waals surface area (Å²) in [6, 6.07) is 10.5. The number of rotatable bonds is 23. The molecule has 1 amide bonds. The largest absolute Gasteiger partial charge is 0.695 e. The molecule has 0 saturated carbocycles. The number of amides is 1. The second-order valence-corrected chi connectivity index (χ2v) is 31.3. The van der Waals surface area contributed by atoms with E-state index in [1.807, 2.05) is 61.5 Å². The Balaban J connectivity index is 1.26. The first-order chi connectivity index (χ1) is 34.6. The molecule has 73 heavy (non-hydrogen) atoms. The molecule has 1 aromatic carbocycles. The van der Waals surface area contributed by atoms with Gasteiger partial charge in [-0.1, -0.05) is 80.5 Å². The van der Waals surface area contributed by atoms with Gasteiger partial charge in [-0.15, -0.1) is 9.42 Å². The first-order valence-corrected chi connectivity index (χ1v) is 31.3. The lowest BCUT2D eigenvalue weighted by atomic mass is 10.0. The topological polar surface area (TPSA) is 299 Å². The number of aromatic nitrogens is 7. The SMILES string of the molecule is CC(C)[Si](O)(O[Si](O[C@H]1[C@@H](OP(=S)(OCCC#N)OC[C@H]2OC(n3cnc4c(NC(=O)c5ccccc5)ncnc43)[C@H](C)[C@@H]2O[P+](=O)O)[C@H](n2cc(F)c3c(=O)[nH]cnc32)O[C@@H]1CO)(C(C)C)C(C)C)C(C)C. The number of aliphatic hydroxyl groups is 1. The summed E-state index contributed by atoms with van der Waals surface area (Å²) in [6.07, 6.45) is -4.22. The molecular formula is C44H61FN9O14P2SSi2+. The lowest BCUT2D eigenvalue weighted by Gasteiger charge is -2.47. The van der Waals surface area contributed by atoms with Crippen LogP contribution < -0.4 is 10.9 Å². The minimum Gasteiger partial charge on any atom is -0.414 e. The third-order valence-corrected chi connectivity index (χ3v) is 25.6. The van der Waals surface area contributed by atoms with Crippen LogP contribution in [0.3, 0.4) is 0 Å². The predicted octanol–water partition coefficient (Wildman–Crippen LogP) is 6.89. The number of imidazole rings is 1. The first kappa shape index (κ1) is 56.5. The van der Waals surface area contributed by atoms with E-state index in [1.165, 1.54) is 17.2 Å². The van der Waals surface area contributed by atoms with E-state index in [-0.39, 0.29) is 57.8 Å². The molecular weight excluding hydrogens is 1050 g/mol. The molecule has 0 bridgehead atoms. The quantitative estimate of drug-likeness (QED) is 0.0253. The van der Waals surface area contributed by atoms with Gasteiger partial charge in [0.25, 0.3) is 11.5 Å². The van der Waals surface area contributed by atoms with Gasteiger partial charge in [0.2, 0.25) is 0 Å². The van der Waals surface area contributed by atoms with E-state index in [0.717, 1.165) is 12.5 Å². The van der Waals surface area contributed by atoms with E-state index in [0.29, 0.717) is 5.56 Å². The molecule has 3 unspecified atom stereocenters. The van der Waals surface area contributed by atoms with E-state index in [4.69, 9.17) is 47.9 Å². The van der Waals surface area contributed by atoms with Crippen molar-refractivity contribution >= 4 is 77.8 Å². The number of ether oxygens (including phenoxy) is 2. The lowest BCUT2D eigenvalue weighted by Crippen LogP contribution is -2.62. The van der Waals surface area contributed by atoms with Crippen molar-refractivity contribution in [3.05, 3.63) is 77.2 Å². The molecule has 2 fully saturated rings. The van der Waals surface area contributed by atoms with Gasteiger partial charge in [0.15, 0.2) is 40.8 Å². The maximum Gasteiger partial charge on any atom is 0.695 e. The van der Waals surface area contributed by atoms with Crippen molar-refractivity contribution < 1.29 is 64.7 Å². The Bertz CT molecular complexity index is 2900. The number of hydrogen-bond donors (Lipinski definition) is 5. The Morgan fingerprint density at radius 1 is 0.973 bits per heavy atom. The summed E-state index contributed by atoms with van der Waals surface area (Å²) in [5.41, 5.74) is -1.29. The molecule has 10 atom stereocenters. The summed E-state index contributed by atoms with van der Waals surface area (Å²) in [4.78, 5) is 68.3. The van der Waals surface area contributed by atoms with Gasteiger partial charge in [0, 0.05) is 22.2 Å². The number of halogens is 1. The molecule has 2 saturated heterocycles. The van der Waals surface area contributed by atoms with Crippen LogP contribution in [0.4, 0.5) is 10.2 Å². The number of H-pyrrole nitrogens is 1. The van der Waals surface area contributed by atoms with Crippen molar-refractivity contribution in [3.63, 3.8) is 0 Å². The van der Waals surface area contributed by atoms with Gasteiger partial charge in [-0.05, 0) is 46.1 Å².